The number of hydrogen-bond donors (Lipinski definition) is 3. The molecular weight excluding hydrogens is 465 g/mol. The number of fused-ring (bicyclic) bond motifs is 1. The Morgan fingerprint density at radius 3 is 2.41 bits per heavy atom. The van der Waals surface area contributed by atoms with Crippen LogP contribution in [-0.2, 0) is 11.2 Å². The van der Waals surface area contributed by atoms with Crippen molar-refractivity contribution in [2.24, 2.45) is 11.5 Å². The average molecular weight is 495 g/mol. The quantitative estimate of drug-likeness (QED) is 0.376. The van der Waals surface area contributed by atoms with Gasteiger partial charge in [0.05, 0.1) is 16.3 Å². The van der Waals surface area contributed by atoms with E-state index in [9.17, 15) is 23.1 Å². The van der Waals surface area contributed by atoms with Crippen molar-refractivity contribution in [2.45, 2.75) is 50.0 Å². The minimum absolute atomic E-state index is 0.104. The topological polar surface area (TPSA) is 105 Å². The van der Waals surface area contributed by atoms with Crippen LogP contribution in [0.25, 0.3) is 10.2 Å². The maximum absolute atomic E-state index is 13.6. The van der Waals surface area contributed by atoms with Crippen LogP contribution in [0.15, 0.2) is 54.6 Å². The average Bonchev–Trinajstić information content (AvgIpc) is 3.26. The van der Waals surface area contributed by atoms with Crippen LogP contribution in [0.5, 0.6) is 0 Å². The first-order valence-electron chi connectivity index (χ1n) is 11.1. The zero-order valence-electron chi connectivity index (χ0n) is 18.6. The van der Waals surface area contributed by atoms with Gasteiger partial charge in [0.25, 0.3) is 0 Å². The van der Waals surface area contributed by atoms with Crippen LogP contribution >= 0.6 is 11.3 Å². The number of carbonyl (C=O) groups excluding carboxylic acids is 1. The molecule has 5 N–H and O–H groups in total. The Morgan fingerprint density at radius 2 is 1.76 bits per heavy atom. The molecule has 1 aromatic heterocycles. The van der Waals surface area contributed by atoms with Gasteiger partial charge in [0, 0.05) is 12.6 Å². The summed E-state index contributed by atoms with van der Waals surface area (Å²) in [4.78, 5) is 17.6. The number of aromatic nitrogens is 1. The van der Waals surface area contributed by atoms with Crippen LogP contribution in [-0.4, -0.2) is 52.2 Å². The summed E-state index contributed by atoms with van der Waals surface area (Å²) in [5.41, 5.74) is 13.1. The molecule has 0 aliphatic heterocycles. The largest absolute Gasteiger partial charge is 0.471 e. The first-order valence-corrected chi connectivity index (χ1v) is 11.9. The number of aliphatic hydroxyl groups excluding tert-OH is 1. The van der Waals surface area contributed by atoms with Crippen molar-refractivity contribution in [1.29, 1.82) is 0 Å². The van der Waals surface area contributed by atoms with Crippen molar-refractivity contribution in [3.8, 4) is 0 Å². The van der Waals surface area contributed by atoms with Crippen LogP contribution in [0.4, 0.5) is 13.2 Å². The Morgan fingerprint density at radius 1 is 1.09 bits per heavy atom. The summed E-state index contributed by atoms with van der Waals surface area (Å²) in [5, 5.41) is 11.5. The van der Waals surface area contributed by atoms with Gasteiger partial charge in [-0.05, 0) is 49.9 Å². The number of aliphatic hydroxyl groups is 1. The molecule has 1 heterocycles. The minimum atomic E-state index is -5.11. The summed E-state index contributed by atoms with van der Waals surface area (Å²) in [6, 6.07) is 14.5. The van der Waals surface area contributed by atoms with E-state index < -0.39 is 30.3 Å². The minimum Gasteiger partial charge on any atom is -0.384 e. The SMILES string of the molecule is NCCC[C@@H](N)CN(C(=O)C(F)(F)F)[C@H](CCc1ccccc1)C(O)c1nc2ccccc2s1. The highest BCUT2D eigenvalue weighted by Crippen LogP contribution is 2.33. The van der Waals surface area contributed by atoms with Gasteiger partial charge < -0.3 is 21.5 Å². The molecule has 6 nitrogen and oxygen atoms in total. The molecule has 0 fully saturated rings. The number of hydrogen-bond acceptors (Lipinski definition) is 6. The molecule has 0 saturated carbocycles. The number of benzene rings is 2. The Bertz CT molecular complexity index is 1030. The van der Waals surface area contributed by atoms with Crippen LogP contribution in [0.3, 0.4) is 0 Å². The van der Waals surface area contributed by atoms with E-state index in [0.717, 1.165) is 10.3 Å². The molecule has 3 atom stereocenters. The molecule has 3 aromatic rings. The number of aryl methyl sites for hydroxylation is 1. The fraction of sp³-hybridized carbons (Fsp3) is 0.417. The molecule has 1 amide bonds. The lowest BCUT2D eigenvalue weighted by atomic mass is 9.98. The second-order valence-corrected chi connectivity index (χ2v) is 9.26. The molecule has 0 aliphatic rings. The highest BCUT2D eigenvalue weighted by atomic mass is 32.1. The smallest absolute Gasteiger partial charge is 0.384 e. The molecule has 10 heteroatoms. The standard InChI is InChI=1S/C24H29F3N4O2S/c25-24(26,27)23(33)31(15-17(29)9-6-14-28)19(13-12-16-7-2-1-3-8-16)21(32)22-30-18-10-4-5-11-20(18)34-22/h1-5,7-8,10-11,17,19,21,32H,6,9,12-15,28-29H2/t17-,19-,21?/m1/s1. The first kappa shape index (κ1) is 26.1. The van der Waals surface area contributed by atoms with Crippen LogP contribution in [0.1, 0.15) is 35.9 Å². The molecule has 0 radical (unpaired) electrons. The first-order chi connectivity index (χ1) is 16.2. The van der Waals surface area contributed by atoms with Crippen LogP contribution in [0.2, 0.25) is 0 Å². The van der Waals surface area contributed by atoms with E-state index in [1.54, 1.807) is 12.1 Å². The molecule has 1 unspecified atom stereocenters. The van der Waals surface area contributed by atoms with E-state index >= 15 is 0 Å². The number of nitrogens with two attached hydrogens (primary N) is 2. The third-order valence-electron chi connectivity index (χ3n) is 5.61. The number of halogens is 3. The van der Waals surface area contributed by atoms with Crippen molar-refractivity contribution >= 4 is 27.5 Å². The number of amides is 1. The third-order valence-corrected chi connectivity index (χ3v) is 6.72. The normalized spacial score (nSPS) is 14.6. The number of alkyl halides is 3. The van der Waals surface area contributed by atoms with E-state index in [1.807, 2.05) is 42.5 Å². The van der Waals surface area contributed by atoms with E-state index in [0.29, 0.717) is 36.2 Å². The van der Waals surface area contributed by atoms with Gasteiger partial charge in [-0.25, -0.2) is 4.98 Å². The van der Waals surface area contributed by atoms with Gasteiger partial charge >= 0.3 is 12.1 Å². The Labute approximate surface area is 200 Å². The van der Waals surface area contributed by atoms with Crippen LogP contribution in [0, 0.1) is 0 Å². The van der Waals surface area contributed by atoms with Gasteiger partial charge in [0.1, 0.15) is 11.1 Å². The molecular formula is C24H29F3N4O2S. The van der Waals surface area contributed by atoms with E-state index in [-0.39, 0.29) is 18.0 Å². The van der Waals surface area contributed by atoms with E-state index in [4.69, 9.17) is 11.5 Å². The Hall–Kier alpha value is -2.53. The van der Waals surface area contributed by atoms with Crippen molar-refractivity contribution < 1.29 is 23.1 Å². The summed E-state index contributed by atoms with van der Waals surface area (Å²) >= 11 is 1.20. The van der Waals surface area contributed by atoms with E-state index in [2.05, 4.69) is 4.98 Å². The highest BCUT2D eigenvalue weighted by molar-refractivity contribution is 7.18. The Kier molecular flexibility index (Phi) is 9.01. The predicted molar refractivity (Wildman–Crippen MR) is 127 cm³/mol. The molecule has 0 spiro atoms. The summed E-state index contributed by atoms with van der Waals surface area (Å²) in [6.07, 6.45) is -5.16. The summed E-state index contributed by atoms with van der Waals surface area (Å²) in [6.45, 7) is -0.00750. The van der Waals surface area contributed by atoms with Crippen molar-refractivity contribution in [2.75, 3.05) is 13.1 Å². The second kappa shape index (κ2) is 11.7. The fourth-order valence-corrected chi connectivity index (χ4v) is 4.89. The third kappa shape index (κ3) is 6.75. The number of carbonyl (C=O) groups is 1. The lowest BCUT2D eigenvalue weighted by Gasteiger charge is -2.36. The zero-order valence-corrected chi connectivity index (χ0v) is 19.4. The molecule has 2 aromatic carbocycles. The van der Waals surface area contributed by atoms with Gasteiger partial charge in [0.2, 0.25) is 0 Å². The molecule has 0 aliphatic carbocycles. The van der Waals surface area contributed by atoms with Crippen molar-refractivity contribution in [1.82, 2.24) is 9.88 Å². The number of para-hydroxylation sites is 1. The maximum Gasteiger partial charge on any atom is 0.471 e. The predicted octanol–water partition coefficient (Wildman–Crippen LogP) is 3.79. The maximum atomic E-state index is 13.6. The zero-order chi connectivity index (χ0) is 24.7. The summed E-state index contributed by atoms with van der Waals surface area (Å²) < 4.78 is 41.6. The highest BCUT2D eigenvalue weighted by Gasteiger charge is 2.46. The summed E-state index contributed by atoms with van der Waals surface area (Å²) in [7, 11) is 0. The van der Waals surface area contributed by atoms with Gasteiger partial charge in [-0.3, -0.25) is 4.79 Å². The van der Waals surface area contributed by atoms with Crippen molar-refractivity contribution in [3.05, 3.63) is 65.2 Å². The molecule has 0 saturated heterocycles. The number of thiazole rings is 1. The number of nitrogens with zero attached hydrogens (tertiary/aromatic N) is 2. The van der Waals surface area contributed by atoms with Crippen molar-refractivity contribution in [3.63, 3.8) is 0 Å². The molecule has 184 valence electrons. The number of rotatable bonds is 11. The molecule has 0 bridgehead atoms. The van der Waals surface area contributed by atoms with E-state index in [1.165, 1.54) is 11.3 Å². The lowest BCUT2D eigenvalue weighted by Crippen LogP contribution is -2.53. The van der Waals surface area contributed by atoms with Gasteiger partial charge in [0.15, 0.2) is 0 Å². The molecule has 3 rings (SSSR count). The monoisotopic (exact) mass is 494 g/mol. The molecule has 34 heavy (non-hydrogen) atoms. The van der Waals surface area contributed by atoms with Gasteiger partial charge in [-0.15, -0.1) is 11.3 Å². The fourth-order valence-electron chi connectivity index (χ4n) is 3.88. The Balaban J connectivity index is 1.96. The van der Waals surface area contributed by atoms with Gasteiger partial charge in [-0.1, -0.05) is 42.5 Å². The second-order valence-electron chi connectivity index (χ2n) is 8.20. The summed E-state index contributed by atoms with van der Waals surface area (Å²) in [5.74, 6) is -2.02. The van der Waals surface area contributed by atoms with Gasteiger partial charge in [-0.2, -0.15) is 13.2 Å². The lowest BCUT2D eigenvalue weighted by molar-refractivity contribution is -0.190. The van der Waals surface area contributed by atoms with Crippen LogP contribution < -0.4 is 11.5 Å².